The number of amides is 2. The predicted molar refractivity (Wildman–Crippen MR) is 98.6 cm³/mol. The summed E-state index contributed by atoms with van der Waals surface area (Å²) < 4.78 is 1.84. The van der Waals surface area contributed by atoms with Gasteiger partial charge >= 0.3 is 0 Å². The molecule has 1 heterocycles. The molecule has 6 heteroatoms. The minimum Gasteiger partial charge on any atom is -0.268 e. The first-order chi connectivity index (χ1) is 10.4. The molecule has 1 fully saturated rings. The minimum absolute atomic E-state index is 0.169. The number of nitrogens with zero attached hydrogens (tertiary/aromatic N) is 1. The van der Waals surface area contributed by atoms with E-state index in [1.807, 2.05) is 18.2 Å². The van der Waals surface area contributed by atoms with Crippen molar-refractivity contribution in [1.29, 1.82) is 0 Å². The third-order valence-electron chi connectivity index (χ3n) is 3.65. The molecule has 2 amide bonds. The third-order valence-corrected chi connectivity index (χ3v) is 5.47. The average molecular weight is 447 g/mol. The van der Waals surface area contributed by atoms with Gasteiger partial charge in [0.25, 0.3) is 11.1 Å². The van der Waals surface area contributed by atoms with Crippen LogP contribution in [0.2, 0.25) is 0 Å². The molecule has 1 aliphatic rings. The van der Waals surface area contributed by atoms with E-state index in [0.717, 1.165) is 39.1 Å². The summed E-state index contributed by atoms with van der Waals surface area (Å²) in [7, 11) is 0. The molecule has 2 rings (SSSR count). The molecule has 118 valence electrons. The Balaban J connectivity index is 2.22. The minimum atomic E-state index is -0.182. The van der Waals surface area contributed by atoms with E-state index in [0.29, 0.717) is 17.4 Å². The van der Waals surface area contributed by atoms with Gasteiger partial charge in [-0.1, -0.05) is 58.5 Å². The average Bonchev–Trinajstić information content (AvgIpc) is 2.70. The van der Waals surface area contributed by atoms with Crippen LogP contribution in [-0.4, -0.2) is 22.6 Å². The van der Waals surface area contributed by atoms with E-state index in [9.17, 15) is 9.59 Å². The lowest BCUT2D eigenvalue weighted by molar-refractivity contribution is -0.123. The lowest BCUT2D eigenvalue weighted by Crippen LogP contribution is -2.33. The van der Waals surface area contributed by atoms with Gasteiger partial charge < -0.3 is 0 Å². The van der Waals surface area contributed by atoms with Crippen molar-refractivity contribution in [2.24, 2.45) is 5.92 Å². The Morgan fingerprint density at radius 3 is 2.27 bits per heavy atom. The van der Waals surface area contributed by atoms with Crippen LogP contribution in [0.4, 0.5) is 4.79 Å². The number of carbonyl (C=O) groups is 2. The van der Waals surface area contributed by atoms with Crippen molar-refractivity contribution in [1.82, 2.24) is 4.90 Å². The van der Waals surface area contributed by atoms with E-state index >= 15 is 0 Å². The zero-order valence-electron chi connectivity index (χ0n) is 12.4. The summed E-state index contributed by atoms with van der Waals surface area (Å²) in [6, 6.07) is 5.76. The monoisotopic (exact) mass is 445 g/mol. The fourth-order valence-corrected chi connectivity index (χ4v) is 4.45. The largest absolute Gasteiger partial charge is 0.293 e. The van der Waals surface area contributed by atoms with E-state index in [1.54, 1.807) is 6.08 Å². The lowest BCUT2D eigenvalue weighted by atomic mass is 10.0. The van der Waals surface area contributed by atoms with Crippen LogP contribution in [0, 0.1) is 5.92 Å². The maximum atomic E-state index is 12.5. The second kappa shape index (κ2) is 7.79. The standard InChI is InChI=1S/C16H17Br2NO2S/c1-3-10(4-2)9-19-15(20)14(22-16(19)21)7-11-5-12(17)8-13(18)6-11/h5-8,10H,3-4,9H2,1-2H3. The molecule has 1 saturated heterocycles. The summed E-state index contributed by atoms with van der Waals surface area (Å²) in [5, 5.41) is -0.169. The highest BCUT2D eigenvalue weighted by atomic mass is 79.9. The zero-order valence-corrected chi connectivity index (χ0v) is 16.4. The molecule has 22 heavy (non-hydrogen) atoms. The molecule has 0 bridgehead atoms. The molecule has 0 atom stereocenters. The molecule has 0 spiro atoms. The van der Waals surface area contributed by atoms with Gasteiger partial charge in [-0.2, -0.15) is 0 Å². The topological polar surface area (TPSA) is 37.4 Å². The summed E-state index contributed by atoms with van der Waals surface area (Å²) >= 11 is 7.87. The number of benzene rings is 1. The Bertz CT molecular complexity index is 606. The van der Waals surface area contributed by atoms with Crippen molar-refractivity contribution in [2.45, 2.75) is 26.7 Å². The third kappa shape index (κ3) is 4.24. The maximum absolute atomic E-state index is 12.5. The maximum Gasteiger partial charge on any atom is 0.293 e. The summed E-state index contributed by atoms with van der Waals surface area (Å²) in [4.78, 5) is 26.4. The van der Waals surface area contributed by atoms with Crippen LogP contribution in [0.15, 0.2) is 32.0 Å². The Morgan fingerprint density at radius 2 is 1.73 bits per heavy atom. The highest BCUT2D eigenvalue weighted by Crippen LogP contribution is 2.34. The van der Waals surface area contributed by atoms with Gasteiger partial charge in [0, 0.05) is 15.5 Å². The SMILES string of the molecule is CCC(CC)CN1C(=O)SC(=Cc2cc(Br)cc(Br)c2)C1=O. The Labute approximate surface area is 151 Å². The molecule has 0 aromatic heterocycles. The number of imide groups is 1. The number of rotatable bonds is 5. The summed E-state index contributed by atoms with van der Waals surface area (Å²) in [5.74, 6) is 0.186. The molecule has 3 nitrogen and oxygen atoms in total. The van der Waals surface area contributed by atoms with Gasteiger partial charge in [-0.3, -0.25) is 14.5 Å². The normalized spacial score (nSPS) is 17.1. The molecule has 0 unspecified atom stereocenters. The summed E-state index contributed by atoms with van der Waals surface area (Å²) in [5.41, 5.74) is 0.884. The smallest absolute Gasteiger partial charge is 0.268 e. The highest BCUT2D eigenvalue weighted by molar-refractivity contribution is 9.11. The van der Waals surface area contributed by atoms with Gasteiger partial charge in [0.15, 0.2) is 0 Å². The second-order valence-electron chi connectivity index (χ2n) is 5.18. The van der Waals surface area contributed by atoms with Crippen molar-refractivity contribution < 1.29 is 9.59 Å². The van der Waals surface area contributed by atoms with Gasteiger partial charge in [-0.05, 0) is 47.5 Å². The lowest BCUT2D eigenvalue weighted by Gasteiger charge is -2.18. The molecule has 0 radical (unpaired) electrons. The molecule has 0 saturated carbocycles. The van der Waals surface area contributed by atoms with Crippen LogP contribution < -0.4 is 0 Å². The fourth-order valence-electron chi connectivity index (χ4n) is 2.27. The van der Waals surface area contributed by atoms with Crippen molar-refractivity contribution in [2.75, 3.05) is 6.54 Å². The Morgan fingerprint density at radius 1 is 1.14 bits per heavy atom. The number of thioether (sulfide) groups is 1. The van der Waals surface area contributed by atoms with Crippen LogP contribution in [0.5, 0.6) is 0 Å². The van der Waals surface area contributed by atoms with Crippen LogP contribution in [-0.2, 0) is 4.79 Å². The van der Waals surface area contributed by atoms with Gasteiger partial charge in [0.2, 0.25) is 0 Å². The van der Waals surface area contributed by atoms with Gasteiger partial charge in [0.05, 0.1) is 4.91 Å². The van der Waals surface area contributed by atoms with Crippen LogP contribution >= 0.6 is 43.6 Å². The van der Waals surface area contributed by atoms with Crippen molar-refractivity contribution >= 4 is 60.8 Å². The Kier molecular flexibility index (Phi) is 6.29. The first-order valence-corrected chi connectivity index (χ1v) is 9.56. The first-order valence-electron chi connectivity index (χ1n) is 7.16. The fraction of sp³-hybridized carbons (Fsp3) is 0.375. The van der Waals surface area contributed by atoms with Gasteiger partial charge in [-0.25, -0.2) is 0 Å². The van der Waals surface area contributed by atoms with E-state index in [2.05, 4.69) is 45.7 Å². The van der Waals surface area contributed by atoms with Crippen LogP contribution in [0.3, 0.4) is 0 Å². The van der Waals surface area contributed by atoms with E-state index in [4.69, 9.17) is 0 Å². The number of halogens is 2. The molecular weight excluding hydrogens is 430 g/mol. The molecule has 1 aromatic carbocycles. The molecule has 0 aliphatic carbocycles. The first kappa shape index (κ1) is 17.8. The van der Waals surface area contributed by atoms with Crippen molar-refractivity contribution in [3.05, 3.63) is 37.6 Å². The summed E-state index contributed by atoms with van der Waals surface area (Å²) in [6.07, 6.45) is 3.71. The highest BCUT2D eigenvalue weighted by Gasteiger charge is 2.35. The van der Waals surface area contributed by atoms with Gasteiger partial charge in [-0.15, -0.1) is 0 Å². The van der Waals surface area contributed by atoms with Gasteiger partial charge in [0.1, 0.15) is 0 Å². The zero-order chi connectivity index (χ0) is 16.3. The van der Waals surface area contributed by atoms with E-state index in [1.165, 1.54) is 4.90 Å². The molecule has 1 aliphatic heterocycles. The quantitative estimate of drug-likeness (QED) is 0.545. The molecule has 0 N–H and O–H groups in total. The number of carbonyl (C=O) groups excluding carboxylic acids is 2. The molecule has 1 aromatic rings. The molecular formula is C16H17Br2NO2S. The second-order valence-corrected chi connectivity index (χ2v) is 8.00. The van der Waals surface area contributed by atoms with Crippen molar-refractivity contribution in [3.8, 4) is 0 Å². The number of hydrogen-bond acceptors (Lipinski definition) is 3. The van der Waals surface area contributed by atoms with E-state index < -0.39 is 0 Å². The predicted octanol–water partition coefficient (Wildman–Crippen LogP) is 5.68. The van der Waals surface area contributed by atoms with Crippen LogP contribution in [0.25, 0.3) is 6.08 Å². The summed E-state index contributed by atoms with van der Waals surface area (Å²) in [6.45, 7) is 4.68. The van der Waals surface area contributed by atoms with Crippen LogP contribution in [0.1, 0.15) is 32.3 Å². The van der Waals surface area contributed by atoms with E-state index in [-0.39, 0.29) is 11.1 Å². The Hall–Kier alpha value is -0.590. The number of hydrogen-bond donors (Lipinski definition) is 0. The van der Waals surface area contributed by atoms with Crippen molar-refractivity contribution in [3.63, 3.8) is 0 Å².